The van der Waals surface area contributed by atoms with E-state index in [2.05, 4.69) is 32.7 Å². The smallest absolute Gasteiger partial charge is 0.223 e. The maximum atomic E-state index is 9.61. The summed E-state index contributed by atoms with van der Waals surface area (Å²) >= 11 is 2.07. The summed E-state index contributed by atoms with van der Waals surface area (Å²) in [4.78, 5) is 4.13. The van der Waals surface area contributed by atoms with Crippen molar-refractivity contribution in [2.24, 2.45) is 0 Å². The summed E-state index contributed by atoms with van der Waals surface area (Å²) in [6, 6.07) is 3.66. The van der Waals surface area contributed by atoms with Crippen molar-refractivity contribution < 1.29 is 9.63 Å². The van der Waals surface area contributed by atoms with Crippen molar-refractivity contribution in [2.75, 3.05) is 0 Å². The standard InChI is InChI=1S/C10H9IN2O2/c1-5-3-7(4-8(11)9(5)14)10-12-6(2)15-13-10/h3-4,14H,1-2H3. The van der Waals surface area contributed by atoms with E-state index in [4.69, 9.17) is 4.52 Å². The second-order valence-corrected chi connectivity index (χ2v) is 4.42. The van der Waals surface area contributed by atoms with Crippen LogP contribution in [0.5, 0.6) is 5.75 Å². The maximum Gasteiger partial charge on any atom is 0.223 e. The van der Waals surface area contributed by atoms with Crippen molar-refractivity contribution in [1.82, 2.24) is 10.1 Å². The Balaban J connectivity index is 2.55. The number of aryl methyl sites for hydroxylation is 2. The molecule has 0 aliphatic heterocycles. The molecule has 5 heteroatoms. The molecule has 1 aromatic carbocycles. The minimum atomic E-state index is 0.305. The molecular formula is C10H9IN2O2. The molecular weight excluding hydrogens is 307 g/mol. The van der Waals surface area contributed by atoms with Gasteiger partial charge in [-0.25, -0.2) is 0 Å². The van der Waals surface area contributed by atoms with Gasteiger partial charge in [0, 0.05) is 12.5 Å². The molecule has 0 saturated carbocycles. The van der Waals surface area contributed by atoms with E-state index in [-0.39, 0.29) is 0 Å². The van der Waals surface area contributed by atoms with Crippen LogP contribution in [0.3, 0.4) is 0 Å². The number of hydrogen-bond acceptors (Lipinski definition) is 4. The molecule has 0 aliphatic rings. The summed E-state index contributed by atoms with van der Waals surface area (Å²) < 4.78 is 5.69. The first-order valence-corrected chi connectivity index (χ1v) is 5.45. The minimum absolute atomic E-state index is 0.305. The third-order valence-electron chi connectivity index (χ3n) is 2.04. The van der Waals surface area contributed by atoms with Gasteiger partial charge in [0.15, 0.2) is 0 Å². The molecule has 2 aromatic rings. The number of phenolic OH excluding ortho intramolecular Hbond substituents is 1. The molecule has 0 unspecified atom stereocenters. The molecule has 15 heavy (non-hydrogen) atoms. The highest BCUT2D eigenvalue weighted by molar-refractivity contribution is 14.1. The van der Waals surface area contributed by atoms with Crippen molar-refractivity contribution in [3.8, 4) is 17.1 Å². The zero-order valence-corrected chi connectivity index (χ0v) is 10.4. The van der Waals surface area contributed by atoms with Gasteiger partial charge in [0.1, 0.15) is 5.75 Å². The Morgan fingerprint density at radius 2 is 2.07 bits per heavy atom. The summed E-state index contributed by atoms with van der Waals surface area (Å²) in [7, 11) is 0. The Labute approximate surface area is 100 Å². The number of hydrogen-bond donors (Lipinski definition) is 1. The van der Waals surface area contributed by atoms with Crippen LogP contribution in [0, 0.1) is 17.4 Å². The monoisotopic (exact) mass is 316 g/mol. The molecule has 4 nitrogen and oxygen atoms in total. The highest BCUT2D eigenvalue weighted by Crippen LogP contribution is 2.29. The van der Waals surface area contributed by atoms with Crippen molar-refractivity contribution in [3.05, 3.63) is 27.2 Å². The number of aromatic nitrogens is 2. The summed E-state index contributed by atoms with van der Waals surface area (Å²) in [5.74, 6) is 1.39. The van der Waals surface area contributed by atoms with Crippen LogP contribution in [0.2, 0.25) is 0 Å². The van der Waals surface area contributed by atoms with Crippen molar-refractivity contribution >= 4 is 22.6 Å². The molecule has 0 spiro atoms. The Kier molecular flexibility index (Phi) is 2.64. The zero-order valence-electron chi connectivity index (χ0n) is 8.28. The SMILES string of the molecule is Cc1nc(-c2cc(C)c(O)c(I)c2)no1. The van der Waals surface area contributed by atoms with Gasteiger partial charge in [-0.15, -0.1) is 0 Å². The molecule has 0 atom stereocenters. The van der Waals surface area contributed by atoms with Crippen LogP contribution in [0.25, 0.3) is 11.4 Å². The average Bonchev–Trinajstić information content (AvgIpc) is 2.60. The molecule has 0 radical (unpaired) electrons. The number of aromatic hydroxyl groups is 1. The first-order valence-electron chi connectivity index (χ1n) is 4.37. The quantitative estimate of drug-likeness (QED) is 0.822. The van der Waals surface area contributed by atoms with Crippen molar-refractivity contribution in [3.63, 3.8) is 0 Å². The van der Waals surface area contributed by atoms with Gasteiger partial charge in [-0.3, -0.25) is 0 Å². The van der Waals surface area contributed by atoms with Gasteiger partial charge in [0.2, 0.25) is 11.7 Å². The first-order chi connectivity index (χ1) is 7.08. The Hall–Kier alpha value is -1.11. The van der Waals surface area contributed by atoms with Gasteiger partial charge in [0.25, 0.3) is 0 Å². The lowest BCUT2D eigenvalue weighted by Gasteiger charge is -2.03. The number of rotatable bonds is 1. The number of phenols is 1. The molecule has 0 fully saturated rings. The predicted molar refractivity (Wildman–Crippen MR) is 63.6 cm³/mol. The van der Waals surface area contributed by atoms with Gasteiger partial charge >= 0.3 is 0 Å². The van der Waals surface area contributed by atoms with Gasteiger partial charge < -0.3 is 9.63 Å². The van der Waals surface area contributed by atoms with Crippen molar-refractivity contribution in [1.29, 1.82) is 0 Å². The Morgan fingerprint density at radius 3 is 2.60 bits per heavy atom. The van der Waals surface area contributed by atoms with E-state index in [1.807, 2.05) is 19.1 Å². The van der Waals surface area contributed by atoms with Crippen LogP contribution in [0.4, 0.5) is 0 Å². The average molecular weight is 316 g/mol. The largest absolute Gasteiger partial charge is 0.507 e. The first kappa shape index (κ1) is 10.4. The summed E-state index contributed by atoms with van der Waals surface area (Å²) in [6.07, 6.45) is 0. The minimum Gasteiger partial charge on any atom is -0.507 e. The summed E-state index contributed by atoms with van der Waals surface area (Å²) in [6.45, 7) is 3.59. The highest BCUT2D eigenvalue weighted by Gasteiger charge is 2.10. The van der Waals surface area contributed by atoms with Crippen LogP contribution in [0.1, 0.15) is 11.5 Å². The van der Waals surface area contributed by atoms with Crippen molar-refractivity contribution in [2.45, 2.75) is 13.8 Å². The molecule has 0 aliphatic carbocycles. The lowest BCUT2D eigenvalue weighted by molar-refractivity contribution is 0.394. The van der Waals surface area contributed by atoms with Gasteiger partial charge in [0.05, 0.1) is 3.57 Å². The van der Waals surface area contributed by atoms with Crippen LogP contribution in [0.15, 0.2) is 16.7 Å². The van der Waals surface area contributed by atoms with E-state index in [9.17, 15) is 5.11 Å². The number of nitrogens with zero attached hydrogens (tertiary/aromatic N) is 2. The van der Waals surface area contributed by atoms with E-state index in [0.717, 1.165) is 14.7 Å². The molecule has 0 saturated heterocycles. The fourth-order valence-electron chi connectivity index (χ4n) is 1.28. The van der Waals surface area contributed by atoms with E-state index in [1.165, 1.54) is 0 Å². The second-order valence-electron chi connectivity index (χ2n) is 3.26. The summed E-state index contributed by atoms with van der Waals surface area (Å²) in [5.41, 5.74) is 1.66. The lowest BCUT2D eigenvalue weighted by atomic mass is 10.1. The molecule has 78 valence electrons. The fraction of sp³-hybridized carbons (Fsp3) is 0.200. The molecule has 1 heterocycles. The van der Waals surface area contributed by atoms with Crippen LogP contribution in [-0.2, 0) is 0 Å². The lowest BCUT2D eigenvalue weighted by Crippen LogP contribution is -1.86. The highest BCUT2D eigenvalue weighted by atomic mass is 127. The van der Waals surface area contributed by atoms with Crippen LogP contribution >= 0.6 is 22.6 Å². The number of benzene rings is 1. The Morgan fingerprint density at radius 1 is 1.33 bits per heavy atom. The van der Waals surface area contributed by atoms with Gasteiger partial charge in [-0.05, 0) is 47.2 Å². The third-order valence-corrected chi connectivity index (χ3v) is 2.86. The van der Waals surface area contributed by atoms with Crippen LogP contribution in [-0.4, -0.2) is 15.2 Å². The maximum absolute atomic E-state index is 9.61. The molecule has 0 bridgehead atoms. The molecule has 1 aromatic heterocycles. The van der Waals surface area contributed by atoms with E-state index < -0.39 is 0 Å². The zero-order chi connectivity index (χ0) is 11.0. The third kappa shape index (κ3) is 1.97. The Bertz CT molecular complexity index is 485. The van der Waals surface area contributed by atoms with Crippen LogP contribution < -0.4 is 0 Å². The van der Waals surface area contributed by atoms with E-state index in [1.54, 1.807) is 6.92 Å². The molecule has 2 rings (SSSR count). The van der Waals surface area contributed by atoms with E-state index >= 15 is 0 Å². The second kappa shape index (κ2) is 3.80. The van der Waals surface area contributed by atoms with Gasteiger partial charge in [-0.1, -0.05) is 5.16 Å². The number of halogens is 1. The fourth-order valence-corrected chi connectivity index (χ4v) is 2.04. The van der Waals surface area contributed by atoms with E-state index in [0.29, 0.717) is 17.5 Å². The molecule has 1 N–H and O–H groups in total. The topological polar surface area (TPSA) is 59.2 Å². The summed E-state index contributed by atoms with van der Waals surface area (Å²) in [5, 5.41) is 13.4. The normalized spacial score (nSPS) is 10.6. The predicted octanol–water partition coefficient (Wildman–Crippen LogP) is 2.66. The molecule has 0 amide bonds. The van der Waals surface area contributed by atoms with Gasteiger partial charge in [-0.2, -0.15) is 4.98 Å².